The summed E-state index contributed by atoms with van der Waals surface area (Å²) in [6.45, 7) is 18.7. The predicted molar refractivity (Wildman–Crippen MR) is 263 cm³/mol. The summed E-state index contributed by atoms with van der Waals surface area (Å²) in [5.41, 5.74) is 8.88. The molecule has 65 heavy (non-hydrogen) atoms. The monoisotopic (exact) mass is 892 g/mol. The molecule has 4 fully saturated rings. The molecule has 5 aliphatic carbocycles. The van der Waals surface area contributed by atoms with Crippen LogP contribution in [-0.4, -0.2) is 32.5 Å². The second kappa shape index (κ2) is 16.4. The van der Waals surface area contributed by atoms with Gasteiger partial charge in [0, 0.05) is 35.5 Å². The largest absolute Gasteiger partial charge is 0.465 e. The van der Waals surface area contributed by atoms with Gasteiger partial charge in [-0.15, -0.1) is 0 Å². The maximum atomic E-state index is 14.6. The van der Waals surface area contributed by atoms with Crippen molar-refractivity contribution in [2.75, 3.05) is 11.5 Å². The van der Waals surface area contributed by atoms with Gasteiger partial charge in [0.1, 0.15) is 17.6 Å². The number of carbonyl (C=O) groups excluding carboxylic acids is 1. The van der Waals surface area contributed by atoms with E-state index >= 15 is 0 Å². The molecule has 5 aromatic rings. The van der Waals surface area contributed by atoms with Gasteiger partial charge in [-0.2, -0.15) is 8.75 Å². The zero-order valence-electron chi connectivity index (χ0n) is 40.0. The Labute approximate surface area is 392 Å². The molecule has 7 nitrogen and oxygen atoms in total. The van der Waals surface area contributed by atoms with E-state index in [1.165, 1.54) is 24.6 Å². The summed E-state index contributed by atoms with van der Waals surface area (Å²) in [7, 11) is 0. The molecule has 8 atom stereocenters. The number of hydrogen-bond donors (Lipinski definition) is 1. The third-order valence-electron chi connectivity index (χ3n) is 18.9. The lowest BCUT2D eigenvalue weighted by molar-refractivity contribution is -0.697. The minimum Gasteiger partial charge on any atom is -0.465 e. The molecule has 0 bridgehead atoms. The van der Waals surface area contributed by atoms with Gasteiger partial charge in [0.25, 0.3) is 0 Å². The molecule has 10 rings (SSSR count). The predicted octanol–water partition coefficient (Wildman–Crippen LogP) is 13.6. The molecule has 3 aromatic carbocycles. The van der Waals surface area contributed by atoms with Crippen molar-refractivity contribution in [2.24, 2.45) is 50.2 Å². The van der Waals surface area contributed by atoms with Crippen molar-refractivity contribution in [3.05, 3.63) is 109 Å². The molecule has 5 aliphatic rings. The van der Waals surface area contributed by atoms with E-state index in [2.05, 4.69) is 149 Å². The number of benzene rings is 3. The molecule has 0 saturated heterocycles. The number of allylic oxidation sites excluding steroid dienone is 2. The van der Waals surface area contributed by atoms with Crippen molar-refractivity contribution < 1.29 is 19.2 Å². The van der Waals surface area contributed by atoms with Gasteiger partial charge in [-0.05, 0) is 157 Å². The standard InChI is InChI=1S/C57H71N4O3S/c1-52(2)30-32-57(33-31-55(6)43(44(57)38-52)21-23-47-54(5)28-25-48(62)53(3,4)46(54)24-29-56(47,55)7)51(63)64-37-15-14-34-60-35-26-39(27-36-60)42-20-22-45(50-49(42)58-65-59-50)61(40-16-10-8-11-17-40)41-18-12-9-13-19-41/h8-13,16-22,26-27,35-36,44,46-48,62H,14-15,23-25,28-34,37-38H2,1-7H3/q+1/t44-,46-,47+,48-,54-,55+,56+,57-/m0/s1. The number of para-hydroxylation sites is 2. The minimum atomic E-state index is -0.426. The van der Waals surface area contributed by atoms with Crippen LogP contribution in [0, 0.1) is 50.2 Å². The van der Waals surface area contributed by atoms with Gasteiger partial charge in [0.05, 0.1) is 35.5 Å². The molecule has 8 heteroatoms. The molecule has 0 radical (unpaired) electrons. The van der Waals surface area contributed by atoms with E-state index in [0.29, 0.717) is 18.4 Å². The van der Waals surface area contributed by atoms with Gasteiger partial charge in [-0.25, -0.2) is 4.57 Å². The molecule has 342 valence electrons. The Morgan fingerprint density at radius 1 is 0.769 bits per heavy atom. The number of fused-ring (bicyclic) bond motifs is 8. The molecule has 0 spiro atoms. The number of carbonyl (C=O) groups is 1. The van der Waals surface area contributed by atoms with E-state index in [4.69, 9.17) is 13.5 Å². The van der Waals surface area contributed by atoms with E-state index in [1.807, 2.05) is 12.1 Å². The lowest BCUT2D eigenvalue weighted by atomic mass is 9.33. The Bertz CT molecular complexity index is 2530. The Balaban J connectivity index is 0.803. The van der Waals surface area contributed by atoms with Crippen molar-refractivity contribution in [1.29, 1.82) is 0 Å². The third kappa shape index (κ3) is 7.21. The number of nitrogens with zero attached hydrogens (tertiary/aromatic N) is 4. The average Bonchev–Trinajstić information content (AvgIpc) is 3.80. The van der Waals surface area contributed by atoms with Gasteiger partial charge in [-0.1, -0.05) is 96.5 Å². The minimum absolute atomic E-state index is 0.0570. The zero-order valence-corrected chi connectivity index (χ0v) is 40.8. The van der Waals surface area contributed by atoms with Crippen LogP contribution in [0.5, 0.6) is 0 Å². The summed E-state index contributed by atoms with van der Waals surface area (Å²) >= 11 is 1.25. The number of rotatable bonds is 10. The van der Waals surface area contributed by atoms with Crippen molar-refractivity contribution in [1.82, 2.24) is 8.75 Å². The molecule has 0 amide bonds. The Kier molecular flexibility index (Phi) is 11.2. The molecule has 4 saturated carbocycles. The summed E-state index contributed by atoms with van der Waals surface area (Å²) < 4.78 is 18.3. The normalized spacial score (nSPS) is 32.3. The summed E-state index contributed by atoms with van der Waals surface area (Å²) in [5, 5.41) is 11.2. The highest BCUT2D eigenvalue weighted by Crippen LogP contribution is 2.76. The number of esters is 1. The fourth-order valence-corrected chi connectivity index (χ4v) is 15.5. The number of anilines is 3. The molecule has 1 N–H and O–H groups in total. The van der Waals surface area contributed by atoms with Crippen molar-refractivity contribution >= 4 is 45.8 Å². The first-order valence-electron chi connectivity index (χ1n) is 24.8. The maximum Gasteiger partial charge on any atom is 0.312 e. The fraction of sp³-hybridized carbons (Fsp3) is 0.544. The fourth-order valence-electron chi connectivity index (χ4n) is 14.9. The number of hydrogen-bond acceptors (Lipinski definition) is 7. The van der Waals surface area contributed by atoms with E-state index in [1.54, 1.807) is 5.57 Å². The van der Waals surface area contributed by atoms with Crippen LogP contribution in [-0.2, 0) is 16.1 Å². The summed E-state index contributed by atoms with van der Waals surface area (Å²) in [4.78, 5) is 16.9. The Morgan fingerprint density at radius 3 is 2.15 bits per heavy atom. The van der Waals surface area contributed by atoms with Gasteiger partial charge < -0.3 is 14.7 Å². The molecule has 2 heterocycles. The quantitative estimate of drug-likeness (QED) is 0.0651. The van der Waals surface area contributed by atoms with Crippen LogP contribution >= 0.6 is 11.7 Å². The van der Waals surface area contributed by atoms with E-state index in [-0.39, 0.29) is 45.1 Å². The average molecular weight is 892 g/mol. The van der Waals surface area contributed by atoms with Crippen LogP contribution in [0.15, 0.2) is 109 Å². The maximum absolute atomic E-state index is 14.6. The van der Waals surface area contributed by atoms with Gasteiger partial charge in [-0.3, -0.25) is 4.79 Å². The van der Waals surface area contributed by atoms with Crippen LogP contribution in [0.25, 0.3) is 22.2 Å². The second-order valence-electron chi connectivity index (χ2n) is 23.0. The number of unbranched alkanes of at least 4 members (excludes halogenated alkanes) is 1. The van der Waals surface area contributed by atoms with Gasteiger partial charge in [0.15, 0.2) is 12.4 Å². The third-order valence-corrected chi connectivity index (χ3v) is 19.5. The van der Waals surface area contributed by atoms with Crippen LogP contribution in [0.1, 0.15) is 126 Å². The van der Waals surface area contributed by atoms with Crippen molar-refractivity contribution in [3.63, 3.8) is 0 Å². The summed E-state index contributed by atoms with van der Waals surface area (Å²) in [6, 6.07) is 29.6. The number of aliphatic hydroxyl groups excluding tert-OH is 1. The second-order valence-corrected chi connectivity index (χ2v) is 23.5. The SMILES string of the molecule is CC1(C)CC[C@]2(C(=O)OCCCC[n+]3ccc(-c4ccc(N(c5ccccc5)c5ccccc5)c5nsnc45)cc3)CC[C@]3(C)C(=CC[C@@H]4[C@@]5(C)CC[C@H](O)C(C)(C)[C@@H]5CC[C@]43C)[C@@H]2C1. The number of aryl methyl sites for hydroxylation is 1. The molecular weight excluding hydrogens is 821 g/mol. The number of pyridine rings is 1. The van der Waals surface area contributed by atoms with E-state index in [0.717, 1.165) is 110 Å². The van der Waals surface area contributed by atoms with E-state index < -0.39 is 5.41 Å². The lowest BCUT2D eigenvalue weighted by Crippen LogP contribution is -2.65. The zero-order chi connectivity index (χ0) is 45.4. The van der Waals surface area contributed by atoms with Crippen molar-refractivity contribution in [2.45, 2.75) is 138 Å². The first kappa shape index (κ1) is 44.4. The highest BCUT2D eigenvalue weighted by atomic mass is 32.1. The van der Waals surface area contributed by atoms with Crippen LogP contribution < -0.4 is 9.47 Å². The number of aromatic nitrogens is 3. The smallest absolute Gasteiger partial charge is 0.312 e. The van der Waals surface area contributed by atoms with Crippen molar-refractivity contribution in [3.8, 4) is 11.1 Å². The topological polar surface area (TPSA) is 79.4 Å². The molecule has 0 unspecified atom stereocenters. The summed E-state index contributed by atoms with van der Waals surface area (Å²) in [5.74, 6) is 1.43. The Morgan fingerprint density at radius 2 is 1.45 bits per heavy atom. The van der Waals surface area contributed by atoms with Crippen LogP contribution in [0.2, 0.25) is 0 Å². The highest BCUT2D eigenvalue weighted by molar-refractivity contribution is 7.00. The molecule has 0 aliphatic heterocycles. The first-order chi connectivity index (χ1) is 31.1. The lowest BCUT2D eigenvalue weighted by Gasteiger charge is -2.71. The summed E-state index contributed by atoms with van der Waals surface area (Å²) in [6.07, 6.45) is 19.1. The van der Waals surface area contributed by atoms with Gasteiger partial charge >= 0.3 is 5.97 Å². The molecule has 2 aromatic heterocycles. The van der Waals surface area contributed by atoms with E-state index in [9.17, 15) is 9.90 Å². The Hall–Kier alpha value is -4.40. The van der Waals surface area contributed by atoms with Gasteiger partial charge in [0.2, 0.25) is 0 Å². The van der Waals surface area contributed by atoms with Crippen LogP contribution in [0.3, 0.4) is 0 Å². The molecular formula is C57H71N4O3S+. The highest BCUT2D eigenvalue weighted by Gasteiger charge is 2.69. The number of ether oxygens (including phenoxy) is 1. The number of aliphatic hydroxyl groups is 1. The van der Waals surface area contributed by atoms with Crippen LogP contribution in [0.4, 0.5) is 17.1 Å². The first-order valence-corrected chi connectivity index (χ1v) is 25.6.